The van der Waals surface area contributed by atoms with Gasteiger partial charge in [-0.1, -0.05) is 35.9 Å². The summed E-state index contributed by atoms with van der Waals surface area (Å²) in [5.41, 5.74) is 1.67. The first kappa shape index (κ1) is 13.1. The number of anilines is 1. The van der Waals surface area contributed by atoms with Crippen LogP contribution in [0.15, 0.2) is 42.5 Å². The monoisotopic (exact) mass is 289 g/mol. The van der Waals surface area contributed by atoms with Crippen molar-refractivity contribution in [3.05, 3.63) is 64.4 Å². The Morgan fingerprint density at radius 1 is 1.15 bits per heavy atom. The molecule has 3 rings (SSSR count). The summed E-state index contributed by atoms with van der Waals surface area (Å²) in [7, 11) is 0. The Bertz CT molecular complexity index is 671. The van der Waals surface area contributed by atoms with Gasteiger partial charge in [0.25, 0.3) is 5.91 Å². The number of amides is 1. The number of benzene rings is 2. The quantitative estimate of drug-likeness (QED) is 0.775. The molecule has 1 amide bonds. The first-order valence-corrected chi connectivity index (χ1v) is 6.90. The highest BCUT2D eigenvalue weighted by molar-refractivity contribution is 6.34. The summed E-state index contributed by atoms with van der Waals surface area (Å²) < 4.78 is 14.1. The fourth-order valence-corrected chi connectivity index (χ4v) is 2.80. The predicted octanol–water partition coefficient (Wildman–Crippen LogP) is 4.07. The number of halogens is 2. The zero-order valence-corrected chi connectivity index (χ0v) is 11.5. The van der Waals surface area contributed by atoms with Crippen molar-refractivity contribution < 1.29 is 9.18 Å². The normalized spacial score (nSPS) is 14.0. The molecule has 2 aromatic carbocycles. The SMILES string of the molecule is O=C(c1ccccc1Cl)N1CCCc2cccc(F)c21. The molecule has 0 aliphatic carbocycles. The van der Waals surface area contributed by atoms with Gasteiger partial charge in [-0.15, -0.1) is 0 Å². The smallest absolute Gasteiger partial charge is 0.259 e. The molecular formula is C16H13ClFNO. The second kappa shape index (κ2) is 5.25. The summed E-state index contributed by atoms with van der Waals surface area (Å²) in [6, 6.07) is 11.8. The Morgan fingerprint density at radius 2 is 1.95 bits per heavy atom. The van der Waals surface area contributed by atoms with Crippen molar-refractivity contribution >= 4 is 23.2 Å². The maximum Gasteiger partial charge on any atom is 0.259 e. The van der Waals surface area contributed by atoms with Gasteiger partial charge in [0, 0.05) is 6.54 Å². The van der Waals surface area contributed by atoms with Crippen LogP contribution in [0.3, 0.4) is 0 Å². The molecule has 2 aromatic rings. The van der Waals surface area contributed by atoms with Gasteiger partial charge >= 0.3 is 0 Å². The number of hydrogen-bond acceptors (Lipinski definition) is 1. The lowest BCUT2D eigenvalue weighted by Gasteiger charge is -2.30. The number of para-hydroxylation sites is 1. The van der Waals surface area contributed by atoms with Crippen molar-refractivity contribution in [2.45, 2.75) is 12.8 Å². The molecule has 0 N–H and O–H groups in total. The zero-order valence-electron chi connectivity index (χ0n) is 10.8. The topological polar surface area (TPSA) is 20.3 Å². The van der Waals surface area contributed by atoms with E-state index in [0.717, 1.165) is 18.4 Å². The molecule has 1 aliphatic rings. The van der Waals surface area contributed by atoms with E-state index >= 15 is 0 Å². The van der Waals surface area contributed by atoms with Gasteiger partial charge in [0.2, 0.25) is 0 Å². The highest BCUT2D eigenvalue weighted by Crippen LogP contribution is 2.32. The van der Waals surface area contributed by atoms with E-state index in [4.69, 9.17) is 11.6 Å². The fourth-order valence-electron chi connectivity index (χ4n) is 2.59. The molecule has 1 heterocycles. The van der Waals surface area contributed by atoms with Crippen LogP contribution in [0.2, 0.25) is 5.02 Å². The van der Waals surface area contributed by atoms with Crippen molar-refractivity contribution in [3.63, 3.8) is 0 Å². The Morgan fingerprint density at radius 3 is 2.75 bits per heavy atom. The predicted molar refractivity (Wildman–Crippen MR) is 77.8 cm³/mol. The minimum atomic E-state index is -0.359. The first-order valence-electron chi connectivity index (χ1n) is 6.52. The number of hydrogen-bond donors (Lipinski definition) is 0. The van der Waals surface area contributed by atoms with E-state index in [2.05, 4.69) is 0 Å². The molecule has 2 nitrogen and oxygen atoms in total. The highest BCUT2D eigenvalue weighted by Gasteiger charge is 2.27. The van der Waals surface area contributed by atoms with Crippen molar-refractivity contribution in [2.75, 3.05) is 11.4 Å². The van der Waals surface area contributed by atoms with Crippen LogP contribution in [-0.4, -0.2) is 12.5 Å². The van der Waals surface area contributed by atoms with Gasteiger partial charge in [-0.2, -0.15) is 0 Å². The minimum Gasteiger partial charge on any atom is -0.305 e. The summed E-state index contributed by atoms with van der Waals surface area (Å²) in [6.45, 7) is 0.512. The zero-order chi connectivity index (χ0) is 14.1. The van der Waals surface area contributed by atoms with Crippen molar-refractivity contribution in [1.82, 2.24) is 0 Å². The van der Waals surface area contributed by atoms with E-state index in [-0.39, 0.29) is 11.7 Å². The average molecular weight is 290 g/mol. The van der Waals surface area contributed by atoms with E-state index in [1.165, 1.54) is 11.0 Å². The second-order valence-electron chi connectivity index (χ2n) is 4.79. The molecule has 0 saturated heterocycles. The van der Waals surface area contributed by atoms with Gasteiger partial charge in [0.1, 0.15) is 5.82 Å². The lowest BCUT2D eigenvalue weighted by Crippen LogP contribution is -2.36. The molecule has 0 fully saturated rings. The summed E-state index contributed by atoms with van der Waals surface area (Å²) >= 11 is 6.06. The Kier molecular flexibility index (Phi) is 3.45. The second-order valence-corrected chi connectivity index (χ2v) is 5.19. The van der Waals surface area contributed by atoms with Crippen LogP contribution in [0.5, 0.6) is 0 Å². The highest BCUT2D eigenvalue weighted by atomic mass is 35.5. The van der Waals surface area contributed by atoms with Crippen molar-refractivity contribution in [2.24, 2.45) is 0 Å². The summed E-state index contributed by atoms with van der Waals surface area (Å²) in [6.07, 6.45) is 1.62. The number of rotatable bonds is 1. The molecule has 0 unspecified atom stereocenters. The van der Waals surface area contributed by atoms with Crippen LogP contribution in [0.4, 0.5) is 10.1 Å². The lowest BCUT2D eigenvalue weighted by atomic mass is 10.0. The maximum absolute atomic E-state index is 14.1. The maximum atomic E-state index is 14.1. The third-order valence-corrected chi connectivity index (χ3v) is 3.85. The molecule has 1 aliphatic heterocycles. The molecule has 102 valence electrons. The van der Waals surface area contributed by atoms with Gasteiger partial charge < -0.3 is 4.90 Å². The van der Waals surface area contributed by atoms with Gasteiger partial charge in [-0.3, -0.25) is 4.79 Å². The molecule has 20 heavy (non-hydrogen) atoms. The van der Waals surface area contributed by atoms with E-state index in [1.807, 2.05) is 6.07 Å². The van der Waals surface area contributed by atoms with Gasteiger partial charge in [-0.25, -0.2) is 4.39 Å². The van der Waals surface area contributed by atoms with E-state index in [0.29, 0.717) is 22.8 Å². The van der Waals surface area contributed by atoms with Crippen LogP contribution >= 0.6 is 11.6 Å². The molecular weight excluding hydrogens is 277 g/mol. The molecule has 0 radical (unpaired) electrons. The Balaban J connectivity index is 2.05. The minimum absolute atomic E-state index is 0.248. The van der Waals surface area contributed by atoms with Crippen LogP contribution in [0.25, 0.3) is 0 Å². The lowest BCUT2D eigenvalue weighted by molar-refractivity contribution is 0.0984. The molecule has 0 saturated carbocycles. The van der Waals surface area contributed by atoms with E-state index < -0.39 is 0 Å². The number of fused-ring (bicyclic) bond motifs is 1. The van der Waals surface area contributed by atoms with Crippen LogP contribution < -0.4 is 4.90 Å². The van der Waals surface area contributed by atoms with Crippen LogP contribution in [0.1, 0.15) is 22.3 Å². The largest absolute Gasteiger partial charge is 0.305 e. The number of carbonyl (C=O) groups excluding carboxylic acids is 1. The number of carbonyl (C=O) groups is 1. The summed E-state index contributed by atoms with van der Waals surface area (Å²) in [4.78, 5) is 14.1. The third kappa shape index (κ3) is 2.18. The molecule has 0 aromatic heterocycles. The average Bonchev–Trinajstić information content (AvgIpc) is 2.47. The number of aryl methyl sites for hydroxylation is 1. The fraction of sp³-hybridized carbons (Fsp3) is 0.188. The summed E-state index contributed by atoms with van der Waals surface area (Å²) in [5, 5.41) is 0.390. The van der Waals surface area contributed by atoms with Gasteiger partial charge in [0.05, 0.1) is 16.3 Å². The van der Waals surface area contributed by atoms with Crippen LogP contribution in [0, 0.1) is 5.82 Å². The van der Waals surface area contributed by atoms with Crippen molar-refractivity contribution in [3.8, 4) is 0 Å². The molecule has 0 spiro atoms. The Hall–Kier alpha value is -1.87. The molecule has 0 atom stereocenters. The standard InChI is InChI=1S/C16H13ClFNO/c17-13-8-2-1-7-12(13)16(20)19-10-4-6-11-5-3-9-14(18)15(11)19/h1-3,5,7-9H,4,6,10H2. The van der Waals surface area contributed by atoms with E-state index in [9.17, 15) is 9.18 Å². The van der Waals surface area contributed by atoms with Gasteiger partial charge in [-0.05, 0) is 36.6 Å². The van der Waals surface area contributed by atoms with Gasteiger partial charge in [0.15, 0.2) is 0 Å². The first-order chi connectivity index (χ1) is 9.68. The Labute approximate surface area is 121 Å². The third-order valence-electron chi connectivity index (χ3n) is 3.52. The molecule has 4 heteroatoms. The van der Waals surface area contributed by atoms with Crippen LogP contribution in [-0.2, 0) is 6.42 Å². The van der Waals surface area contributed by atoms with Crippen molar-refractivity contribution in [1.29, 1.82) is 0 Å². The molecule has 0 bridgehead atoms. The number of nitrogens with zero attached hydrogens (tertiary/aromatic N) is 1. The summed E-state index contributed by atoms with van der Waals surface area (Å²) in [5.74, 6) is -0.607. The van der Waals surface area contributed by atoms with E-state index in [1.54, 1.807) is 30.3 Å².